The fourth-order valence-electron chi connectivity index (χ4n) is 4.60. The lowest BCUT2D eigenvalue weighted by molar-refractivity contribution is -0.122. The number of hydrogen-bond acceptors (Lipinski definition) is 3. The molecule has 5 heteroatoms. The van der Waals surface area contributed by atoms with Gasteiger partial charge in [-0.2, -0.15) is 0 Å². The summed E-state index contributed by atoms with van der Waals surface area (Å²) in [6.07, 6.45) is 6.37. The first-order valence-corrected chi connectivity index (χ1v) is 9.58. The average molecular weight is 365 g/mol. The Morgan fingerprint density at radius 2 is 1.92 bits per heavy atom. The SMILES string of the molecule is Cl.NC1CC2CCCC(C1)C2NC(=O)Cc1csc2ccccc12. The van der Waals surface area contributed by atoms with Gasteiger partial charge in [0.2, 0.25) is 5.91 Å². The zero-order valence-corrected chi connectivity index (χ0v) is 15.4. The molecule has 0 radical (unpaired) electrons. The van der Waals surface area contributed by atoms with Gasteiger partial charge < -0.3 is 11.1 Å². The fraction of sp³-hybridized carbons (Fsp3) is 0.526. The number of thiophene rings is 1. The number of fused-ring (bicyclic) bond motifs is 3. The third kappa shape index (κ3) is 3.46. The molecule has 1 aromatic heterocycles. The molecule has 2 atom stereocenters. The van der Waals surface area contributed by atoms with Crippen molar-refractivity contribution in [1.82, 2.24) is 5.32 Å². The highest BCUT2D eigenvalue weighted by Gasteiger charge is 2.39. The Labute approximate surface area is 153 Å². The molecule has 2 bridgehead atoms. The van der Waals surface area contributed by atoms with Crippen LogP contribution in [0.1, 0.15) is 37.7 Å². The maximum absolute atomic E-state index is 12.6. The van der Waals surface area contributed by atoms with Gasteiger partial charge in [0.25, 0.3) is 0 Å². The number of benzene rings is 1. The molecule has 0 aliphatic heterocycles. The highest BCUT2D eigenvalue weighted by atomic mass is 35.5. The molecule has 3 N–H and O–H groups in total. The second kappa shape index (κ2) is 7.42. The van der Waals surface area contributed by atoms with E-state index in [9.17, 15) is 4.79 Å². The number of hydrogen-bond donors (Lipinski definition) is 2. The normalized spacial score (nSPS) is 29.0. The van der Waals surface area contributed by atoms with E-state index in [4.69, 9.17) is 5.73 Å². The average Bonchev–Trinajstić information content (AvgIpc) is 2.91. The van der Waals surface area contributed by atoms with E-state index in [0.717, 1.165) is 18.4 Å². The first-order chi connectivity index (χ1) is 11.2. The van der Waals surface area contributed by atoms with Gasteiger partial charge in [0, 0.05) is 16.8 Å². The van der Waals surface area contributed by atoms with Crippen LogP contribution in [0.5, 0.6) is 0 Å². The van der Waals surface area contributed by atoms with E-state index in [2.05, 4.69) is 28.9 Å². The topological polar surface area (TPSA) is 55.1 Å². The van der Waals surface area contributed by atoms with Crippen molar-refractivity contribution in [2.45, 2.75) is 50.6 Å². The Balaban J connectivity index is 0.00000169. The van der Waals surface area contributed by atoms with E-state index in [1.54, 1.807) is 11.3 Å². The third-order valence-electron chi connectivity index (χ3n) is 5.62. The maximum atomic E-state index is 12.6. The molecule has 2 fully saturated rings. The quantitative estimate of drug-likeness (QED) is 0.868. The minimum absolute atomic E-state index is 0. The fourth-order valence-corrected chi connectivity index (χ4v) is 5.57. The summed E-state index contributed by atoms with van der Waals surface area (Å²) in [6, 6.07) is 9.01. The minimum atomic E-state index is 0. The van der Waals surface area contributed by atoms with E-state index in [-0.39, 0.29) is 18.3 Å². The monoisotopic (exact) mass is 364 g/mol. The van der Waals surface area contributed by atoms with Crippen molar-refractivity contribution in [3.8, 4) is 0 Å². The first-order valence-electron chi connectivity index (χ1n) is 8.71. The molecular weight excluding hydrogens is 340 g/mol. The van der Waals surface area contributed by atoms with E-state index >= 15 is 0 Å². The molecule has 2 unspecified atom stereocenters. The van der Waals surface area contributed by atoms with Crippen molar-refractivity contribution in [1.29, 1.82) is 0 Å². The Bertz CT molecular complexity index is 702. The number of rotatable bonds is 3. The van der Waals surface area contributed by atoms with Gasteiger partial charge in [-0.3, -0.25) is 4.79 Å². The largest absolute Gasteiger partial charge is 0.353 e. The highest BCUT2D eigenvalue weighted by Crippen LogP contribution is 2.39. The molecule has 130 valence electrons. The zero-order valence-electron chi connectivity index (χ0n) is 13.7. The lowest BCUT2D eigenvalue weighted by atomic mass is 9.67. The summed E-state index contributed by atoms with van der Waals surface area (Å²) < 4.78 is 1.26. The van der Waals surface area contributed by atoms with Crippen LogP contribution in [-0.2, 0) is 11.2 Å². The van der Waals surface area contributed by atoms with E-state index in [0.29, 0.717) is 30.3 Å². The predicted molar refractivity (Wildman–Crippen MR) is 103 cm³/mol. The third-order valence-corrected chi connectivity index (χ3v) is 6.63. The van der Waals surface area contributed by atoms with Crippen molar-refractivity contribution in [2.75, 3.05) is 0 Å². The molecule has 0 saturated heterocycles. The van der Waals surface area contributed by atoms with Crippen LogP contribution in [-0.4, -0.2) is 18.0 Å². The van der Waals surface area contributed by atoms with Gasteiger partial charge in [0.15, 0.2) is 0 Å². The lowest BCUT2D eigenvalue weighted by Gasteiger charge is -2.45. The number of carbonyl (C=O) groups excluding carboxylic acids is 1. The molecule has 2 aliphatic rings. The van der Waals surface area contributed by atoms with Crippen molar-refractivity contribution in [3.05, 3.63) is 35.2 Å². The summed E-state index contributed by atoms with van der Waals surface area (Å²) in [7, 11) is 0. The van der Waals surface area contributed by atoms with Crippen LogP contribution in [0.2, 0.25) is 0 Å². The van der Waals surface area contributed by atoms with Crippen LogP contribution < -0.4 is 11.1 Å². The van der Waals surface area contributed by atoms with Crippen LogP contribution in [0.25, 0.3) is 10.1 Å². The number of carbonyl (C=O) groups is 1. The Morgan fingerprint density at radius 1 is 1.21 bits per heavy atom. The van der Waals surface area contributed by atoms with Gasteiger partial charge in [0.05, 0.1) is 6.42 Å². The molecular formula is C19H25ClN2OS. The van der Waals surface area contributed by atoms with Gasteiger partial charge >= 0.3 is 0 Å². The van der Waals surface area contributed by atoms with Crippen LogP contribution >= 0.6 is 23.7 Å². The summed E-state index contributed by atoms with van der Waals surface area (Å²) in [4.78, 5) is 12.6. The van der Waals surface area contributed by atoms with Crippen LogP contribution in [0.4, 0.5) is 0 Å². The van der Waals surface area contributed by atoms with Crippen molar-refractivity contribution < 1.29 is 4.79 Å². The molecule has 2 aromatic rings. The Morgan fingerprint density at radius 3 is 2.67 bits per heavy atom. The number of halogens is 1. The van der Waals surface area contributed by atoms with E-state index < -0.39 is 0 Å². The molecule has 1 amide bonds. The summed E-state index contributed by atoms with van der Waals surface area (Å²) in [6.45, 7) is 0. The molecule has 2 aliphatic carbocycles. The van der Waals surface area contributed by atoms with Crippen LogP contribution in [0, 0.1) is 11.8 Å². The Hall–Kier alpha value is -1.10. The minimum Gasteiger partial charge on any atom is -0.353 e. The molecule has 1 aromatic carbocycles. The molecule has 0 spiro atoms. The number of amides is 1. The number of nitrogens with two attached hydrogens (primary N) is 1. The predicted octanol–water partition coefficient (Wildman–Crippen LogP) is 3.89. The molecule has 3 nitrogen and oxygen atoms in total. The standard InChI is InChI=1S/C19H24N2OS.ClH/c20-15-8-12-4-3-5-13(9-15)19(12)21-18(22)10-14-11-23-17-7-2-1-6-16(14)17;/h1-2,6-7,11-13,15,19H,3-5,8-10,20H2,(H,21,22);1H. The van der Waals surface area contributed by atoms with Crippen LogP contribution in [0.3, 0.4) is 0 Å². The molecule has 2 saturated carbocycles. The van der Waals surface area contributed by atoms with Crippen molar-refractivity contribution in [2.24, 2.45) is 17.6 Å². The van der Waals surface area contributed by atoms with Gasteiger partial charge in [-0.1, -0.05) is 24.6 Å². The highest BCUT2D eigenvalue weighted by molar-refractivity contribution is 7.17. The summed E-state index contributed by atoms with van der Waals surface area (Å²) >= 11 is 1.72. The van der Waals surface area contributed by atoms with E-state index in [1.165, 1.54) is 29.3 Å². The second-order valence-electron chi connectivity index (χ2n) is 7.21. The lowest BCUT2D eigenvalue weighted by Crippen LogP contribution is -2.54. The molecule has 4 rings (SSSR count). The Kier molecular flexibility index (Phi) is 5.48. The summed E-state index contributed by atoms with van der Waals surface area (Å²) in [5.41, 5.74) is 7.33. The first kappa shape index (κ1) is 17.7. The van der Waals surface area contributed by atoms with Crippen molar-refractivity contribution >= 4 is 39.7 Å². The zero-order chi connectivity index (χ0) is 15.8. The van der Waals surface area contributed by atoms with Gasteiger partial charge in [-0.15, -0.1) is 23.7 Å². The molecule has 24 heavy (non-hydrogen) atoms. The molecule has 1 heterocycles. The van der Waals surface area contributed by atoms with Crippen LogP contribution in [0.15, 0.2) is 29.6 Å². The summed E-state index contributed by atoms with van der Waals surface area (Å²) in [5.74, 6) is 1.34. The van der Waals surface area contributed by atoms with Gasteiger partial charge in [-0.25, -0.2) is 0 Å². The van der Waals surface area contributed by atoms with Crippen molar-refractivity contribution in [3.63, 3.8) is 0 Å². The second-order valence-corrected chi connectivity index (χ2v) is 8.12. The van der Waals surface area contributed by atoms with Gasteiger partial charge in [-0.05, 0) is 59.9 Å². The smallest absolute Gasteiger partial charge is 0.224 e. The maximum Gasteiger partial charge on any atom is 0.224 e. The summed E-state index contributed by atoms with van der Waals surface area (Å²) in [5, 5.41) is 6.70. The van der Waals surface area contributed by atoms with Gasteiger partial charge in [0.1, 0.15) is 0 Å². The van der Waals surface area contributed by atoms with E-state index in [1.807, 2.05) is 6.07 Å². The number of nitrogens with one attached hydrogen (secondary N) is 1.